The summed E-state index contributed by atoms with van der Waals surface area (Å²) in [5, 5.41) is 19.1. The summed E-state index contributed by atoms with van der Waals surface area (Å²) in [6.45, 7) is 3.16. The molecule has 23 heavy (non-hydrogen) atoms. The van der Waals surface area contributed by atoms with Gasteiger partial charge in [-0.15, -0.1) is 0 Å². The van der Waals surface area contributed by atoms with Crippen LogP contribution in [0.3, 0.4) is 0 Å². The van der Waals surface area contributed by atoms with Crippen LogP contribution in [-0.4, -0.2) is 35.2 Å². The van der Waals surface area contributed by atoms with Gasteiger partial charge in [0.05, 0.1) is 24.0 Å². The number of ether oxygens (including phenoxy) is 1. The Hall–Kier alpha value is -2.77. The summed E-state index contributed by atoms with van der Waals surface area (Å²) in [4.78, 5) is 35.6. The van der Waals surface area contributed by atoms with Gasteiger partial charge in [0.15, 0.2) is 5.41 Å². The first kappa shape index (κ1) is 18.3. The van der Waals surface area contributed by atoms with Crippen LogP contribution in [-0.2, 0) is 26.2 Å². The summed E-state index contributed by atoms with van der Waals surface area (Å²) in [6, 6.07) is 1.31. The number of nitrogens with two attached hydrogens (primary N) is 2. The molecule has 0 unspecified atom stereocenters. The van der Waals surface area contributed by atoms with Crippen LogP contribution in [0.4, 0.5) is 11.4 Å². The van der Waals surface area contributed by atoms with Crippen LogP contribution in [0.25, 0.3) is 0 Å². The van der Waals surface area contributed by atoms with E-state index in [4.69, 9.17) is 11.5 Å². The fourth-order valence-corrected chi connectivity index (χ4v) is 2.54. The van der Waals surface area contributed by atoms with Crippen LogP contribution in [0.1, 0.15) is 41.8 Å². The second-order valence-corrected chi connectivity index (χ2v) is 5.00. The lowest BCUT2D eigenvalue weighted by Crippen LogP contribution is -2.44. The van der Waals surface area contributed by atoms with E-state index < -0.39 is 23.3 Å². The number of aliphatic carboxylic acids is 2. The average Bonchev–Trinajstić information content (AvgIpc) is 2.50. The number of nitrogen functional groups attached to an aromatic ring is 2. The van der Waals surface area contributed by atoms with Crippen molar-refractivity contribution in [2.45, 2.75) is 32.1 Å². The van der Waals surface area contributed by atoms with Gasteiger partial charge in [-0.05, 0) is 24.0 Å². The number of carboxylic acid groups (broad SMARTS) is 2. The van der Waals surface area contributed by atoms with Crippen LogP contribution in [0, 0.1) is 0 Å². The maximum Gasteiger partial charge on any atom is 0.340 e. The highest BCUT2D eigenvalue weighted by Gasteiger charge is 2.50. The molecule has 6 N–H and O–H groups in total. The fraction of sp³-hybridized carbons (Fsp3) is 0.400. The highest BCUT2D eigenvalue weighted by atomic mass is 16.5. The van der Waals surface area contributed by atoms with Crippen LogP contribution < -0.4 is 11.5 Å². The first-order valence-electron chi connectivity index (χ1n) is 6.95. The molecule has 8 nitrogen and oxygen atoms in total. The van der Waals surface area contributed by atoms with Crippen LogP contribution in [0.2, 0.25) is 0 Å². The van der Waals surface area contributed by atoms with Crippen molar-refractivity contribution in [2.24, 2.45) is 0 Å². The minimum atomic E-state index is -2.32. The zero-order valence-corrected chi connectivity index (χ0v) is 13.2. The molecule has 0 fully saturated rings. The van der Waals surface area contributed by atoms with Crippen molar-refractivity contribution in [3.8, 4) is 0 Å². The molecular weight excluding hydrogens is 304 g/mol. The Morgan fingerprint density at radius 3 is 2.00 bits per heavy atom. The van der Waals surface area contributed by atoms with Crippen molar-refractivity contribution in [2.75, 3.05) is 18.6 Å². The fourth-order valence-electron chi connectivity index (χ4n) is 2.54. The number of carbonyl (C=O) groups is 3. The van der Waals surface area contributed by atoms with Gasteiger partial charge in [-0.1, -0.05) is 19.9 Å². The molecule has 0 aliphatic rings. The lowest BCUT2D eigenvalue weighted by molar-refractivity contribution is -0.157. The van der Waals surface area contributed by atoms with E-state index in [9.17, 15) is 24.6 Å². The van der Waals surface area contributed by atoms with Gasteiger partial charge < -0.3 is 26.4 Å². The molecular formula is C15H20N2O6. The minimum absolute atomic E-state index is 0.109. The zero-order chi connectivity index (χ0) is 17.9. The van der Waals surface area contributed by atoms with Gasteiger partial charge in [-0.3, -0.25) is 9.59 Å². The Balaban J connectivity index is 4.00. The Labute approximate surface area is 133 Å². The number of anilines is 2. The lowest BCUT2D eigenvalue weighted by atomic mass is 9.74. The Morgan fingerprint density at radius 1 is 1.13 bits per heavy atom. The molecule has 0 atom stereocenters. The van der Waals surface area contributed by atoms with Gasteiger partial charge in [0.1, 0.15) is 0 Å². The van der Waals surface area contributed by atoms with E-state index in [2.05, 4.69) is 4.74 Å². The molecule has 0 aliphatic carbocycles. The summed E-state index contributed by atoms with van der Waals surface area (Å²) in [5.41, 5.74) is 9.26. The van der Waals surface area contributed by atoms with Crippen molar-refractivity contribution in [3.05, 3.63) is 22.8 Å². The third-order valence-corrected chi connectivity index (χ3v) is 3.98. The molecule has 0 aliphatic heterocycles. The number of rotatable bonds is 6. The van der Waals surface area contributed by atoms with Crippen molar-refractivity contribution >= 4 is 29.3 Å². The van der Waals surface area contributed by atoms with Gasteiger partial charge in [0.2, 0.25) is 0 Å². The lowest BCUT2D eigenvalue weighted by Gasteiger charge is -2.27. The monoisotopic (exact) mass is 324 g/mol. The molecule has 1 rings (SSSR count). The zero-order valence-electron chi connectivity index (χ0n) is 13.2. The first-order chi connectivity index (χ1) is 10.7. The van der Waals surface area contributed by atoms with Gasteiger partial charge in [0.25, 0.3) is 0 Å². The highest BCUT2D eigenvalue weighted by molar-refractivity contribution is 6.10. The molecule has 0 radical (unpaired) electrons. The van der Waals surface area contributed by atoms with Gasteiger partial charge in [-0.2, -0.15) is 0 Å². The first-order valence-corrected chi connectivity index (χ1v) is 6.95. The van der Waals surface area contributed by atoms with Crippen molar-refractivity contribution in [1.82, 2.24) is 0 Å². The Morgan fingerprint density at radius 2 is 1.65 bits per heavy atom. The SMILES string of the molecule is CCc1cc(C(CC)(C(=O)O)C(=O)O)c(C(=O)OC)c(N)c1N. The topological polar surface area (TPSA) is 153 Å². The number of benzene rings is 1. The summed E-state index contributed by atoms with van der Waals surface area (Å²) in [7, 11) is 1.09. The third kappa shape index (κ3) is 2.67. The summed E-state index contributed by atoms with van der Waals surface area (Å²) in [5.74, 6) is -4.13. The molecule has 0 saturated carbocycles. The second kappa shape index (κ2) is 6.55. The molecule has 1 aromatic carbocycles. The van der Waals surface area contributed by atoms with Gasteiger partial charge in [-0.25, -0.2) is 4.79 Å². The molecule has 8 heteroatoms. The number of hydrogen-bond acceptors (Lipinski definition) is 6. The second-order valence-electron chi connectivity index (χ2n) is 5.00. The number of esters is 1. The molecule has 0 heterocycles. The van der Waals surface area contributed by atoms with E-state index in [1.54, 1.807) is 6.92 Å². The van der Waals surface area contributed by atoms with E-state index in [0.717, 1.165) is 7.11 Å². The molecule has 0 saturated heterocycles. The Bertz CT molecular complexity index is 654. The molecule has 0 spiro atoms. The Kier molecular flexibility index (Phi) is 5.21. The average molecular weight is 324 g/mol. The molecule has 1 aromatic rings. The maximum absolute atomic E-state index is 12.1. The summed E-state index contributed by atoms with van der Waals surface area (Å²) in [6.07, 6.45) is 0.109. The van der Waals surface area contributed by atoms with E-state index in [1.165, 1.54) is 13.0 Å². The smallest absolute Gasteiger partial charge is 0.340 e. The maximum atomic E-state index is 12.1. The number of methoxy groups -OCH3 is 1. The van der Waals surface area contributed by atoms with E-state index >= 15 is 0 Å². The molecule has 0 amide bonds. The van der Waals surface area contributed by atoms with Crippen LogP contribution in [0.15, 0.2) is 6.07 Å². The van der Waals surface area contributed by atoms with E-state index in [0.29, 0.717) is 12.0 Å². The summed E-state index contributed by atoms with van der Waals surface area (Å²) >= 11 is 0. The van der Waals surface area contributed by atoms with Crippen LogP contribution in [0.5, 0.6) is 0 Å². The number of carbonyl (C=O) groups excluding carboxylic acids is 1. The van der Waals surface area contributed by atoms with Crippen molar-refractivity contribution < 1.29 is 29.3 Å². The number of carboxylic acids is 2. The normalized spacial score (nSPS) is 11.1. The summed E-state index contributed by atoms with van der Waals surface area (Å²) < 4.78 is 4.63. The molecule has 126 valence electrons. The predicted octanol–water partition coefficient (Wildman–Crippen LogP) is 1.02. The van der Waals surface area contributed by atoms with E-state index in [1.807, 2.05) is 0 Å². The largest absolute Gasteiger partial charge is 0.480 e. The van der Waals surface area contributed by atoms with Gasteiger partial charge >= 0.3 is 17.9 Å². The standard InChI is InChI=1S/C15H20N2O6/c1-4-7-6-8(15(5-2,13(19)20)14(21)22)9(12(18)23-3)11(17)10(7)16/h6H,4-5,16-17H2,1-3H3,(H,19,20)(H,21,22). The van der Waals surface area contributed by atoms with Crippen molar-refractivity contribution in [3.63, 3.8) is 0 Å². The molecule has 0 bridgehead atoms. The number of aryl methyl sites for hydroxylation is 1. The highest BCUT2D eigenvalue weighted by Crippen LogP contribution is 2.38. The minimum Gasteiger partial charge on any atom is -0.480 e. The third-order valence-electron chi connectivity index (χ3n) is 3.98. The van der Waals surface area contributed by atoms with E-state index in [-0.39, 0.29) is 28.9 Å². The predicted molar refractivity (Wildman–Crippen MR) is 83.2 cm³/mol. The van der Waals surface area contributed by atoms with Crippen LogP contribution >= 0.6 is 0 Å². The quantitative estimate of drug-likeness (QED) is 0.343. The number of hydrogen-bond donors (Lipinski definition) is 4. The van der Waals surface area contributed by atoms with Crippen molar-refractivity contribution in [1.29, 1.82) is 0 Å². The molecule has 0 aromatic heterocycles. The van der Waals surface area contributed by atoms with Gasteiger partial charge in [0, 0.05) is 0 Å².